The van der Waals surface area contributed by atoms with E-state index in [0.717, 1.165) is 0 Å². The van der Waals surface area contributed by atoms with Crippen molar-refractivity contribution in [1.29, 1.82) is 0 Å². The summed E-state index contributed by atoms with van der Waals surface area (Å²) in [5, 5.41) is 8.69. The van der Waals surface area contributed by atoms with E-state index in [1.54, 1.807) is 19.1 Å². The summed E-state index contributed by atoms with van der Waals surface area (Å²) in [7, 11) is 0. The molecule has 0 radical (unpaired) electrons. The number of hydrogen-bond donors (Lipinski definition) is 1. The molecule has 56 valence electrons. The number of aliphatic hydroxyl groups excluding tert-OH is 1. The molecule has 0 spiro atoms. The highest BCUT2D eigenvalue weighted by molar-refractivity contribution is 5.48. The predicted octanol–water partition coefficient (Wildman–Crippen LogP) is 1.43. The fourth-order valence-corrected chi connectivity index (χ4v) is 0.812. The maximum atomic E-state index is 8.69. The molecule has 0 aromatic carbocycles. The van der Waals surface area contributed by atoms with E-state index >= 15 is 0 Å². The first-order valence-electron chi connectivity index (χ1n) is 3.22. The average molecular weight is 148 g/mol. The number of aryl methyl sites for hydroxylation is 1. The molecule has 11 heavy (non-hydrogen) atoms. The van der Waals surface area contributed by atoms with Gasteiger partial charge in [0.25, 0.3) is 0 Å². The van der Waals surface area contributed by atoms with Crippen molar-refractivity contribution in [2.75, 3.05) is 0 Å². The summed E-state index contributed by atoms with van der Waals surface area (Å²) < 4.78 is 0. The zero-order valence-electron chi connectivity index (χ0n) is 6.20. The molecule has 1 aromatic heterocycles. The van der Waals surface area contributed by atoms with Gasteiger partial charge >= 0.3 is 0 Å². The number of hydrogen-bond acceptors (Lipinski definition) is 2. The number of nitrogens with zero attached hydrogens (tertiary/aromatic N) is 2. The molecule has 0 atom stereocenters. The predicted molar refractivity (Wildman–Crippen MR) is 41.2 cm³/mol. The quantitative estimate of drug-likeness (QED) is 0.612. The highest BCUT2D eigenvalue weighted by Crippen LogP contribution is 2.15. The molecule has 0 saturated heterocycles. The maximum absolute atomic E-state index is 8.69. The zero-order valence-corrected chi connectivity index (χ0v) is 6.20. The van der Waals surface area contributed by atoms with Gasteiger partial charge in [0, 0.05) is 5.69 Å². The fraction of sp³-hybridized carbons (Fsp3) is 0.250. The van der Waals surface area contributed by atoms with E-state index in [0.29, 0.717) is 17.1 Å². The van der Waals surface area contributed by atoms with Crippen LogP contribution in [0, 0.1) is 13.5 Å². The van der Waals surface area contributed by atoms with Gasteiger partial charge in [-0.2, -0.15) is 0 Å². The summed E-state index contributed by atoms with van der Waals surface area (Å²) in [6.45, 7) is 8.42. The van der Waals surface area contributed by atoms with Gasteiger partial charge in [-0.3, -0.25) is 4.98 Å². The lowest BCUT2D eigenvalue weighted by Crippen LogP contribution is -1.90. The standard InChI is InChI=1S/C8H8N2O/c1-6-8(9-2)4-3-7(5-11)10-6/h3-4,11H,5H2,1H3. The molecule has 0 aliphatic rings. The van der Waals surface area contributed by atoms with Crippen LogP contribution in [0.15, 0.2) is 12.1 Å². The van der Waals surface area contributed by atoms with Crippen LogP contribution in [-0.2, 0) is 6.61 Å². The van der Waals surface area contributed by atoms with Crippen molar-refractivity contribution in [3.63, 3.8) is 0 Å². The van der Waals surface area contributed by atoms with Crippen molar-refractivity contribution in [3.8, 4) is 0 Å². The highest BCUT2D eigenvalue weighted by atomic mass is 16.3. The molecular formula is C8H8N2O. The van der Waals surface area contributed by atoms with Crippen LogP contribution in [0.4, 0.5) is 5.69 Å². The largest absolute Gasteiger partial charge is 0.390 e. The monoisotopic (exact) mass is 148 g/mol. The fourth-order valence-electron chi connectivity index (χ4n) is 0.812. The van der Waals surface area contributed by atoms with Gasteiger partial charge in [-0.15, -0.1) is 0 Å². The van der Waals surface area contributed by atoms with Crippen LogP contribution in [0.2, 0.25) is 0 Å². The lowest BCUT2D eigenvalue weighted by atomic mass is 10.3. The van der Waals surface area contributed by atoms with Gasteiger partial charge < -0.3 is 5.11 Å². The molecule has 0 bridgehead atoms. The first kappa shape index (κ1) is 7.70. The second-order valence-electron chi connectivity index (χ2n) is 2.18. The Balaban J connectivity index is 3.12. The normalized spacial score (nSPS) is 9.18. The van der Waals surface area contributed by atoms with Crippen LogP contribution in [0.3, 0.4) is 0 Å². The SMILES string of the molecule is [C-]#[N+]c1ccc(CO)nc1C. The topological polar surface area (TPSA) is 37.5 Å². The molecule has 0 saturated carbocycles. The van der Waals surface area contributed by atoms with Crippen LogP contribution in [-0.4, -0.2) is 10.1 Å². The third-order valence-corrected chi connectivity index (χ3v) is 1.40. The van der Waals surface area contributed by atoms with E-state index in [2.05, 4.69) is 9.83 Å². The van der Waals surface area contributed by atoms with Crippen molar-refractivity contribution in [2.24, 2.45) is 0 Å². The van der Waals surface area contributed by atoms with Crippen molar-refractivity contribution in [3.05, 3.63) is 34.9 Å². The van der Waals surface area contributed by atoms with Gasteiger partial charge in [0.05, 0.1) is 18.9 Å². The summed E-state index contributed by atoms with van der Waals surface area (Å²) in [5.74, 6) is 0. The van der Waals surface area contributed by atoms with Gasteiger partial charge in [0.1, 0.15) is 0 Å². The molecule has 0 fully saturated rings. The second kappa shape index (κ2) is 3.13. The van der Waals surface area contributed by atoms with E-state index in [9.17, 15) is 0 Å². The highest BCUT2D eigenvalue weighted by Gasteiger charge is 1.98. The van der Waals surface area contributed by atoms with Gasteiger partial charge in [-0.1, -0.05) is 6.07 Å². The third-order valence-electron chi connectivity index (χ3n) is 1.40. The van der Waals surface area contributed by atoms with Crippen LogP contribution in [0.5, 0.6) is 0 Å². The molecule has 1 N–H and O–H groups in total. The lowest BCUT2D eigenvalue weighted by Gasteiger charge is -1.98. The Kier molecular flexibility index (Phi) is 2.19. The Labute approximate surface area is 65.1 Å². The molecule has 1 heterocycles. The van der Waals surface area contributed by atoms with Crippen molar-refractivity contribution < 1.29 is 5.11 Å². The smallest absolute Gasteiger partial charge is 0.208 e. The molecule has 0 amide bonds. The van der Waals surface area contributed by atoms with E-state index in [1.807, 2.05) is 0 Å². The second-order valence-corrected chi connectivity index (χ2v) is 2.18. The molecule has 0 unspecified atom stereocenters. The van der Waals surface area contributed by atoms with Crippen LogP contribution < -0.4 is 0 Å². The Morgan fingerprint density at radius 3 is 2.82 bits per heavy atom. The van der Waals surface area contributed by atoms with Gasteiger partial charge in [0.15, 0.2) is 0 Å². The van der Waals surface area contributed by atoms with E-state index in [-0.39, 0.29) is 6.61 Å². The number of pyridine rings is 1. The zero-order chi connectivity index (χ0) is 8.27. The van der Waals surface area contributed by atoms with Crippen LogP contribution in [0.25, 0.3) is 4.85 Å². The van der Waals surface area contributed by atoms with Gasteiger partial charge in [-0.25, -0.2) is 4.85 Å². The summed E-state index contributed by atoms with van der Waals surface area (Å²) in [5.41, 5.74) is 1.82. The maximum Gasteiger partial charge on any atom is 0.208 e. The minimum Gasteiger partial charge on any atom is -0.390 e. The van der Waals surface area contributed by atoms with Gasteiger partial charge in [0.2, 0.25) is 5.69 Å². The number of aliphatic hydroxyl groups is 1. The summed E-state index contributed by atoms with van der Waals surface area (Å²) in [6.07, 6.45) is 0. The summed E-state index contributed by atoms with van der Waals surface area (Å²) in [4.78, 5) is 7.25. The summed E-state index contributed by atoms with van der Waals surface area (Å²) >= 11 is 0. The molecular weight excluding hydrogens is 140 g/mol. The minimum absolute atomic E-state index is 0.0703. The van der Waals surface area contributed by atoms with E-state index < -0.39 is 0 Å². The average Bonchev–Trinajstić information content (AvgIpc) is 2.04. The molecule has 0 aliphatic heterocycles. The third kappa shape index (κ3) is 1.54. The van der Waals surface area contributed by atoms with Crippen molar-refractivity contribution in [2.45, 2.75) is 13.5 Å². The molecule has 3 heteroatoms. The number of aromatic nitrogens is 1. The van der Waals surface area contributed by atoms with E-state index in [4.69, 9.17) is 11.7 Å². The Hall–Kier alpha value is -1.40. The Bertz CT molecular complexity index is 301. The molecule has 1 aromatic rings. The van der Waals surface area contributed by atoms with Crippen molar-refractivity contribution >= 4 is 5.69 Å². The van der Waals surface area contributed by atoms with E-state index in [1.165, 1.54) is 0 Å². The first-order chi connectivity index (χ1) is 5.27. The van der Waals surface area contributed by atoms with Crippen molar-refractivity contribution in [1.82, 2.24) is 4.98 Å². The Morgan fingerprint density at radius 1 is 1.64 bits per heavy atom. The lowest BCUT2D eigenvalue weighted by molar-refractivity contribution is 0.276. The molecule has 3 nitrogen and oxygen atoms in total. The molecule has 0 aliphatic carbocycles. The number of rotatable bonds is 1. The van der Waals surface area contributed by atoms with Gasteiger partial charge in [-0.05, 0) is 13.0 Å². The molecule has 1 rings (SSSR count). The Morgan fingerprint density at radius 2 is 2.36 bits per heavy atom. The van der Waals surface area contributed by atoms with Crippen LogP contribution >= 0.6 is 0 Å². The first-order valence-corrected chi connectivity index (χ1v) is 3.22. The minimum atomic E-state index is -0.0703. The van der Waals surface area contributed by atoms with Crippen LogP contribution in [0.1, 0.15) is 11.4 Å². The summed E-state index contributed by atoms with van der Waals surface area (Å²) in [6, 6.07) is 3.32.